The average molecular weight is 324 g/mol. The van der Waals surface area contributed by atoms with E-state index >= 15 is 0 Å². The molecule has 0 aliphatic rings. The molecule has 0 aromatic heterocycles. The molecule has 0 spiro atoms. The Morgan fingerprint density at radius 3 is 2.74 bits per heavy atom. The van der Waals surface area contributed by atoms with Crippen LogP contribution in [0.25, 0.3) is 0 Å². The maximum Gasteiger partial charge on any atom is 0.226 e. The van der Waals surface area contributed by atoms with Crippen molar-refractivity contribution in [2.45, 2.75) is 20.8 Å². The number of hydrogen-bond donors (Lipinski definition) is 1. The first kappa shape index (κ1) is 15.6. The lowest BCUT2D eigenvalue weighted by Crippen LogP contribution is -2.34. The molecule has 0 aliphatic heterocycles. The fourth-order valence-corrected chi connectivity index (χ4v) is 1.56. The van der Waals surface area contributed by atoms with E-state index in [1.807, 2.05) is 45.0 Å². The molecule has 102 valence electrons. The van der Waals surface area contributed by atoms with Crippen molar-refractivity contribution in [2.75, 3.05) is 13.2 Å². The SMILES string of the molecule is CC(C)(C)C(=O)NCC#CCOc1cccc(Br)c1. The molecule has 3 nitrogen and oxygen atoms in total. The predicted molar refractivity (Wildman–Crippen MR) is 79.9 cm³/mol. The Bertz CT molecular complexity index is 495. The Morgan fingerprint density at radius 1 is 1.37 bits per heavy atom. The van der Waals surface area contributed by atoms with Crippen LogP contribution in [0.1, 0.15) is 20.8 Å². The van der Waals surface area contributed by atoms with E-state index in [9.17, 15) is 4.79 Å². The third-order valence-electron chi connectivity index (χ3n) is 2.25. The van der Waals surface area contributed by atoms with E-state index < -0.39 is 0 Å². The Hall–Kier alpha value is -1.47. The minimum Gasteiger partial charge on any atom is -0.481 e. The first-order valence-electron chi connectivity index (χ1n) is 6.02. The molecular weight excluding hydrogens is 306 g/mol. The molecule has 0 bridgehead atoms. The van der Waals surface area contributed by atoms with Crippen LogP contribution < -0.4 is 10.1 Å². The maximum absolute atomic E-state index is 11.5. The highest BCUT2D eigenvalue weighted by Gasteiger charge is 2.19. The van der Waals surface area contributed by atoms with Gasteiger partial charge in [0.2, 0.25) is 5.91 Å². The zero-order valence-electron chi connectivity index (χ0n) is 11.4. The summed E-state index contributed by atoms with van der Waals surface area (Å²) in [5.41, 5.74) is -0.380. The van der Waals surface area contributed by atoms with Crippen LogP contribution in [0.4, 0.5) is 0 Å². The predicted octanol–water partition coefficient (Wildman–Crippen LogP) is 2.99. The highest BCUT2D eigenvalue weighted by atomic mass is 79.9. The van der Waals surface area contributed by atoms with Gasteiger partial charge in [0.25, 0.3) is 0 Å². The second-order valence-electron chi connectivity index (χ2n) is 5.03. The molecule has 1 N–H and O–H groups in total. The van der Waals surface area contributed by atoms with Crippen molar-refractivity contribution in [1.82, 2.24) is 5.32 Å². The van der Waals surface area contributed by atoms with Crippen LogP contribution in [0.5, 0.6) is 5.75 Å². The van der Waals surface area contributed by atoms with Crippen molar-refractivity contribution in [1.29, 1.82) is 0 Å². The first-order valence-corrected chi connectivity index (χ1v) is 6.81. The molecule has 0 atom stereocenters. The van der Waals surface area contributed by atoms with Crippen LogP contribution in [-0.2, 0) is 4.79 Å². The lowest BCUT2D eigenvalue weighted by Gasteiger charge is -2.15. The fourth-order valence-electron chi connectivity index (χ4n) is 1.18. The molecule has 19 heavy (non-hydrogen) atoms. The van der Waals surface area contributed by atoms with E-state index in [0.717, 1.165) is 10.2 Å². The van der Waals surface area contributed by atoms with Gasteiger partial charge < -0.3 is 10.1 Å². The van der Waals surface area contributed by atoms with Crippen LogP contribution >= 0.6 is 15.9 Å². The zero-order chi connectivity index (χ0) is 14.3. The molecule has 0 unspecified atom stereocenters. The Morgan fingerprint density at radius 2 is 2.11 bits per heavy atom. The van der Waals surface area contributed by atoms with Crippen LogP contribution in [0, 0.1) is 17.3 Å². The molecule has 0 fully saturated rings. The molecule has 1 aromatic rings. The summed E-state index contributed by atoms with van der Waals surface area (Å²) in [6.45, 7) is 6.25. The summed E-state index contributed by atoms with van der Waals surface area (Å²) in [4.78, 5) is 11.5. The van der Waals surface area contributed by atoms with Gasteiger partial charge in [-0.05, 0) is 18.2 Å². The van der Waals surface area contributed by atoms with Crippen LogP contribution in [0.15, 0.2) is 28.7 Å². The molecule has 1 rings (SSSR count). The molecule has 0 saturated heterocycles. The third-order valence-corrected chi connectivity index (χ3v) is 2.74. The normalized spacial score (nSPS) is 10.3. The van der Waals surface area contributed by atoms with E-state index in [4.69, 9.17) is 4.74 Å². The Labute approximate surface area is 122 Å². The standard InChI is InChI=1S/C15H18BrNO2/c1-15(2,3)14(18)17-9-4-5-10-19-13-8-6-7-12(16)11-13/h6-8,11H,9-10H2,1-3H3,(H,17,18). The third kappa shape index (κ3) is 6.30. The van der Waals surface area contributed by atoms with Gasteiger partial charge in [-0.15, -0.1) is 0 Å². The number of benzene rings is 1. The number of halogens is 1. The van der Waals surface area contributed by atoms with Gasteiger partial charge in [0, 0.05) is 9.89 Å². The van der Waals surface area contributed by atoms with Crippen molar-refractivity contribution >= 4 is 21.8 Å². The van der Waals surface area contributed by atoms with E-state index in [-0.39, 0.29) is 11.3 Å². The lowest BCUT2D eigenvalue weighted by molar-refractivity contribution is -0.128. The maximum atomic E-state index is 11.5. The summed E-state index contributed by atoms with van der Waals surface area (Å²) in [5, 5.41) is 2.75. The monoisotopic (exact) mass is 323 g/mol. The van der Waals surface area contributed by atoms with Gasteiger partial charge in [0.1, 0.15) is 12.4 Å². The molecule has 1 amide bonds. The quantitative estimate of drug-likeness (QED) is 0.868. The Kier molecular flexibility index (Phi) is 5.91. The van der Waals surface area contributed by atoms with E-state index in [2.05, 4.69) is 33.1 Å². The van der Waals surface area contributed by atoms with Gasteiger partial charge in [-0.25, -0.2) is 0 Å². The first-order chi connectivity index (χ1) is 8.89. The number of hydrogen-bond acceptors (Lipinski definition) is 2. The summed E-state index contributed by atoms with van der Waals surface area (Å²) in [6, 6.07) is 7.58. The second kappa shape index (κ2) is 7.20. The Balaban J connectivity index is 2.28. The number of rotatable bonds is 3. The summed E-state index contributed by atoms with van der Waals surface area (Å²) in [5.74, 6) is 6.47. The number of nitrogens with one attached hydrogen (secondary N) is 1. The van der Waals surface area contributed by atoms with Gasteiger partial charge in [-0.1, -0.05) is 54.6 Å². The number of carbonyl (C=O) groups excluding carboxylic acids is 1. The average Bonchev–Trinajstić information content (AvgIpc) is 2.32. The van der Waals surface area contributed by atoms with Gasteiger partial charge in [-0.3, -0.25) is 4.79 Å². The topological polar surface area (TPSA) is 38.3 Å². The van der Waals surface area contributed by atoms with E-state index in [1.54, 1.807) is 0 Å². The molecule has 0 heterocycles. The second-order valence-corrected chi connectivity index (χ2v) is 5.95. The van der Waals surface area contributed by atoms with Crippen LogP contribution in [-0.4, -0.2) is 19.1 Å². The fraction of sp³-hybridized carbons (Fsp3) is 0.400. The smallest absolute Gasteiger partial charge is 0.226 e. The van der Waals surface area contributed by atoms with Crippen molar-refractivity contribution in [3.05, 3.63) is 28.7 Å². The molecule has 4 heteroatoms. The van der Waals surface area contributed by atoms with Gasteiger partial charge >= 0.3 is 0 Å². The summed E-state index contributed by atoms with van der Waals surface area (Å²) in [6.07, 6.45) is 0. The highest BCUT2D eigenvalue weighted by Crippen LogP contribution is 2.17. The minimum absolute atomic E-state index is 0.00490. The molecule has 1 aromatic carbocycles. The van der Waals surface area contributed by atoms with Crippen LogP contribution in [0.3, 0.4) is 0 Å². The number of amides is 1. The van der Waals surface area contributed by atoms with Crippen LogP contribution in [0.2, 0.25) is 0 Å². The van der Waals surface area contributed by atoms with Crippen molar-refractivity contribution in [3.63, 3.8) is 0 Å². The van der Waals surface area contributed by atoms with Crippen molar-refractivity contribution in [3.8, 4) is 17.6 Å². The zero-order valence-corrected chi connectivity index (χ0v) is 13.0. The molecule has 0 radical (unpaired) electrons. The largest absolute Gasteiger partial charge is 0.481 e. The highest BCUT2D eigenvalue weighted by molar-refractivity contribution is 9.10. The minimum atomic E-state index is -0.380. The van der Waals surface area contributed by atoms with Gasteiger partial charge in [0.15, 0.2) is 0 Å². The lowest BCUT2D eigenvalue weighted by atomic mass is 9.96. The van der Waals surface area contributed by atoms with Gasteiger partial charge in [0.05, 0.1) is 6.54 Å². The molecule has 0 saturated carbocycles. The summed E-state index contributed by atoms with van der Waals surface area (Å²) in [7, 11) is 0. The van der Waals surface area contributed by atoms with Gasteiger partial charge in [-0.2, -0.15) is 0 Å². The number of ether oxygens (including phenoxy) is 1. The summed E-state index contributed by atoms with van der Waals surface area (Å²) >= 11 is 3.37. The molecular formula is C15H18BrNO2. The molecule has 0 aliphatic carbocycles. The van der Waals surface area contributed by atoms with E-state index in [0.29, 0.717) is 13.2 Å². The van der Waals surface area contributed by atoms with Crippen molar-refractivity contribution in [2.24, 2.45) is 5.41 Å². The number of carbonyl (C=O) groups is 1. The summed E-state index contributed by atoms with van der Waals surface area (Å²) < 4.78 is 6.41. The van der Waals surface area contributed by atoms with E-state index in [1.165, 1.54) is 0 Å². The van der Waals surface area contributed by atoms with Crippen molar-refractivity contribution < 1.29 is 9.53 Å².